The Morgan fingerprint density at radius 2 is 1.81 bits per heavy atom. The standard InChI is InChI=1S/C18H18BNO6/c1-12(2)16(21)24-10-9-20-18(23)26-19-25-17(22)15-8-7-13-5-3-4-6-14(13)11-15/h3-8,11,19H,1,9-10H2,2H3,(H,20,23). The Morgan fingerprint density at radius 1 is 1.08 bits per heavy atom. The maximum absolute atomic E-state index is 12.0. The SMILES string of the molecule is C=C(C)C(=O)OCCNC(=O)OBOC(=O)c1ccc2ccccc2c1. The number of hydrogen-bond donors (Lipinski definition) is 1. The van der Waals surface area contributed by atoms with Crippen LogP contribution in [0.15, 0.2) is 54.6 Å². The van der Waals surface area contributed by atoms with E-state index in [2.05, 4.69) is 11.9 Å². The van der Waals surface area contributed by atoms with Crippen LogP contribution in [0.2, 0.25) is 0 Å². The highest BCUT2D eigenvalue weighted by molar-refractivity contribution is 6.27. The first-order valence-electron chi connectivity index (χ1n) is 7.86. The summed E-state index contributed by atoms with van der Waals surface area (Å²) in [5.41, 5.74) is 0.632. The summed E-state index contributed by atoms with van der Waals surface area (Å²) in [5, 5.41) is 4.27. The molecule has 7 nitrogen and oxygen atoms in total. The van der Waals surface area contributed by atoms with Crippen molar-refractivity contribution in [3.8, 4) is 0 Å². The molecule has 0 saturated heterocycles. The molecule has 134 valence electrons. The molecule has 0 heterocycles. The second kappa shape index (κ2) is 9.26. The van der Waals surface area contributed by atoms with Crippen molar-refractivity contribution in [1.29, 1.82) is 0 Å². The van der Waals surface area contributed by atoms with Crippen LogP contribution in [-0.4, -0.2) is 38.9 Å². The minimum Gasteiger partial charge on any atom is -0.498 e. The van der Waals surface area contributed by atoms with E-state index in [1.54, 1.807) is 12.1 Å². The zero-order chi connectivity index (χ0) is 18.9. The molecule has 0 aliphatic rings. The molecule has 1 amide bonds. The molecule has 0 aliphatic heterocycles. The fourth-order valence-corrected chi connectivity index (χ4v) is 2.01. The van der Waals surface area contributed by atoms with Gasteiger partial charge in [-0.1, -0.05) is 36.9 Å². The van der Waals surface area contributed by atoms with Gasteiger partial charge in [-0.2, -0.15) is 0 Å². The largest absolute Gasteiger partial charge is 0.581 e. The lowest BCUT2D eigenvalue weighted by Crippen LogP contribution is -2.30. The topological polar surface area (TPSA) is 90.9 Å². The average Bonchev–Trinajstić information content (AvgIpc) is 2.64. The Balaban J connectivity index is 1.69. The van der Waals surface area contributed by atoms with Gasteiger partial charge in [-0.05, 0) is 29.8 Å². The molecule has 0 radical (unpaired) electrons. The predicted octanol–water partition coefficient (Wildman–Crippen LogP) is 2.11. The number of ether oxygens (including phenoxy) is 1. The third kappa shape index (κ3) is 5.66. The molecular weight excluding hydrogens is 337 g/mol. The summed E-state index contributed by atoms with van der Waals surface area (Å²) in [6, 6.07) is 12.8. The summed E-state index contributed by atoms with van der Waals surface area (Å²) < 4.78 is 14.4. The Bertz CT molecular complexity index is 835. The van der Waals surface area contributed by atoms with Crippen LogP contribution in [0.3, 0.4) is 0 Å². The first-order chi connectivity index (χ1) is 12.5. The number of hydrogen-bond acceptors (Lipinski definition) is 6. The smallest absolute Gasteiger partial charge is 0.498 e. The monoisotopic (exact) mass is 355 g/mol. The molecule has 2 aromatic rings. The van der Waals surface area contributed by atoms with Gasteiger partial charge in [0.05, 0.1) is 12.1 Å². The van der Waals surface area contributed by atoms with Gasteiger partial charge in [0.25, 0.3) is 0 Å². The van der Waals surface area contributed by atoms with Crippen molar-refractivity contribution in [2.45, 2.75) is 6.92 Å². The van der Waals surface area contributed by atoms with Crippen molar-refractivity contribution < 1.29 is 28.4 Å². The lowest BCUT2D eigenvalue weighted by molar-refractivity contribution is -0.138. The number of benzene rings is 2. The minimum absolute atomic E-state index is 0.0162. The number of carbonyl (C=O) groups is 3. The number of amides is 1. The number of carbonyl (C=O) groups excluding carboxylic acids is 3. The second-order valence-corrected chi connectivity index (χ2v) is 5.39. The van der Waals surface area contributed by atoms with Gasteiger partial charge in [0, 0.05) is 5.57 Å². The average molecular weight is 355 g/mol. The van der Waals surface area contributed by atoms with E-state index in [-0.39, 0.29) is 18.7 Å². The number of nitrogens with one attached hydrogen (secondary N) is 1. The quantitative estimate of drug-likeness (QED) is 0.354. The van der Waals surface area contributed by atoms with E-state index in [0.29, 0.717) is 5.56 Å². The molecule has 0 bridgehead atoms. The lowest BCUT2D eigenvalue weighted by Gasteiger charge is -2.08. The Labute approximate surface area is 151 Å². The van der Waals surface area contributed by atoms with Crippen LogP contribution >= 0.6 is 0 Å². The molecule has 8 heteroatoms. The van der Waals surface area contributed by atoms with Gasteiger partial charge < -0.3 is 19.4 Å². The van der Waals surface area contributed by atoms with E-state index in [0.717, 1.165) is 10.8 Å². The molecular formula is C18H18BNO6. The van der Waals surface area contributed by atoms with Crippen molar-refractivity contribution in [2.24, 2.45) is 0 Å². The summed E-state index contributed by atoms with van der Waals surface area (Å²) in [4.78, 5) is 34.5. The Kier molecular flexibility index (Phi) is 6.79. The second-order valence-electron chi connectivity index (χ2n) is 5.39. The van der Waals surface area contributed by atoms with E-state index in [1.807, 2.05) is 30.3 Å². The molecule has 2 rings (SSSR count). The third-order valence-electron chi connectivity index (χ3n) is 3.32. The van der Waals surface area contributed by atoms with Crippen molar-refractivity contribution in [3.05, 3.63) is 60.2 Å². The molecule has 2 aromatic carbocycles. The van der Waals surface area contributed by atoms with Crippen LogP contribution in [0.1, 0.15) is 17.3 Å². The molecule has 0 atom stereocenters. The molecule has 0 aliphatic carbocycles. The van der Waals surface area contributed by atoms with Crippen molar-refractivity contribution in [3.63, 3.8) is 0 Å². The third-order valence-corrected chi connectivity index (χ3v) is 3.32. The molecule has 0 aromatic heterocycles. The van der Waals surface area contributed by atoms with E-state index in [4.69, 9.17) is 14.0 Å². The molecule has 0 saturated carbocycles. The maximum atomic E-state index is 12.0. The van der Waals surface area contributed by atoms with Crippen LogP contribution in [0.25, 0.3) is 10.8 Å². The number of esters is 1. The summed E-state index contributed by atoms with van der Waals surface area (Å²) >= 11 is 0. The highest BCUT2D eigenvalue weighted by atomic mass is 16.6. The van der Waals surface area contributed by atoms with Gasteiger partial charge >= 0.3 is 25.7 Å². The van der Waals surface area contributed by atoms with Crippen LogP contribution in [0, 0.1) is 0 Å². The summed E-state index contributed by atoms with van der Waals surface area (Å²) in [6.07, 6.45) is -0.789. The summed E-state index contributed by atoms with van der Waals surface area (Å²) in [6.45, 7) is 5.00. The summed E-state index contributed by atoms with van der Waals surface area (Å²) in [7, 11) is -0.525. The van der Waals surface area contributed by atoms with Gasteiger partial charge in [0.2, 0.25) is 0 Å². The zero-order valence-corrected chi connectivity index (χ0v) is 14.3. The molecule has 0 fully saturated rings. The highest BCUT2D eigenvalue weighted by Gasteiger charge is 2.11. The molecule has 0 spiro atoms. The highest BCUT2D eigenvalue weighted by Crippen LogP contribution is 2.16. The normalized spacial score (nSPS) is 9.88. The van der Waals surface area contributed by atoms with Crippen LogP contribution < -0.4 is 5.32 Å². The van der Waals surface area contributed by atoms with Crippen LogP contribution in [0.5, 0.6) is 0 Å². The van der Waals surface area contributed by atoms with E-state index in [1.165, 1.54) is 6.92 Å². The molecule has 26 heavy (non-hydrogen) atoms. The van der Waals surface area contributed by atoms with Crippen LogP contribution in [0.4, 0.5) is 4.79 Å². The predicted molar refractivity (Wildman–Crippen MR) is 96.8 cm³/mol. The van der Waals surface area contributed by atoms with Gasteiger partial charge in [0.1, 0.15) is 6.61 Å². The Morgan fingerprint density at radius 3 is 2.54 bits per heavy atom. The van der Waals surface area contributed by atoms with Gasteiger partial charge in [0.15, 0.2) is 0 Å². The minimum atomic E-state index is -0.789. The first-order valence-corrected chi connectivity index (χ1v) is 7.86. The first kappa shape index (κ1) is 19.0. The molecule has 0 unspecified atom stereocenters. The molecule has 1 N–H and O–H groups in total. The van der Waals surface area contributed by atoms with Crippen molar-refractivity contribution in [1.82, 2.24) is 5.32 Å². The maximum Gasteiger partial charge on any atom is 0.581 e. The van der Waals surface area contributed by atoms with Crippen molar-refractivity contribution in [2.75, 3.05) is 13.2 Å². The van der Waals surface area contributed by atoms with Gasteiger partial charge in [-0.3, -0.25) is 0 Å². The van der Waals surface area contributed by atoms with Crippen LogP contribution in [-0.2, 0) is 18.8 Å². The van der Waals surface area contributed by atoms with Crippen molar-refractivity contribution >= 4 is 36.5 Å². The Hall–Kier alpha value is -3.29. The van der Waals surface area contributed by atoms with Gasteiger partial charge in [-0.15, -0.1) is 0 Å². The zero-order valence-electron chi connectivity index (χ0n) is 14.3. The number of fused-ring (bicyclic) bond motifs is 1. The van der Waals surface area contributed by atoms with E-state index >= 15 is 0 Å². The van der Waals surface area contributed by atoms with E-state index in [9.17, 15) is 14.4 Å². The number of rotatable bonds is 7. The lowest BCUT2D eigenvalue weighted by atomic mass is 10.1. The fraction of sp³-hybridized carbons (Fsp3) is 0.167. The fourth-order valence-electron chi connectivity index (χ4n) is 2.01. The van der Waals surface area contributed by atoms with Gasteiger partial charge in [-0.25, -0.2) is 14.4 Å². The van der Waals surface area contributed by atoms with E-state index < -0.39 is 25.7 Å². The summed E-state index contributed by atoms with van der Waals surface area (Å²) in [5.74, 6) is -1.14.